The van der Waals surface area contributed by atoms with Crippen molar-refractivity contribution in [2.24, 2.45) is 0 Å². The molecule has 0 aliphatic carbocycles. The first-order valence-electron chi connectivity index (χ1n) is 14.6. The molecule has 4 aromatic rings. The molecule has 43 heavy (non-hydrogen) atoms. The number of aromatic nitrogens is 5. The first-order chi connectivity index (χ1) is 20.8. The van der Waals surface area contributed by atoms with E-state index in [9.17, 15) is 4.79 Å². The summed E-state index contributed by atoms with van der Waals surface area (Å²) in [5, 5.41) is 15.4. The van der Waals surface area contributed by atoms with Crippen LogP contribution >= 0.6 is 15.9 Å². The number of anilines is 3. The van der Waals surface area contributed by atoms with Gasteiger partial charge >= 0.3 is 0 Å². The van der Waals surface area contributed by atoms with Crippen molar-refractivity contribution in [3.63, 3.8) is 0 Å². The Bertz CT molecular complexity index is 1630. The molecule has 1 atom stereocenters. The summed E-state index contributed by atoms with van der Waals surface area (Å²) in [7, 11) is 3.70. The van der Waals surface area contributed by atoms with Crippen molar-refractivity contribution in [1.82, 2.24) is 34.9 Å². The fourth-order valence-corrected chi connectivity index (χ4v) is 6.32. The van der Waals surface area contributed by atoms with Crippen molar-refractivity contribution in [2.75, 3.05) is 37.5 Å². The van der Waals surface area contributed by atoms with E-state index < -0.39 is 0 Å². The summed E-state index contributed by atoms with van der Waals surface area (Å²) in [4.78, 5) is 27.2. The molecule has 6 rings (SSSR count). The molecule has 224 valence electrons. The maximum absolute atomic E-state index is 13.0. The molecule has 0 bridgehead atoms. The van der Waals surface area contributed by atoms with Crippen molar-refractivity contribution in [2.45, 2.75) is 51.7 Å². The molecule has 12 heteroatoms. The van der Waals surface area contributed by atoms with Crippen LogP contribution in [0.2, 0.25) is 0 Å². The molecule has 0 unspecified atom stereocenters. The summed E-state index contributed by atoms with van der Waals surface area (Å²) < 4.78 is 8.75. The third-order valence-corrected chi connectivity index (χ3v) is 8.67. The molecule has 2 N–H and O–H groups in total. The second-order valence-electron chi connectivity index (χ2n) is 11.1. The third kappa shape index (κ3) is 5.94. The Morgan fingerprint density at radius 1 is 1.14 bits per heavy atom. The maximum Gasteiger partial charge on any atom is 0.251 e. The maximum atomic E-state index is 13.0. The Kier molecular flexibility index (Phi) is 8.31. The highest BCUT2D eigenvalue weighted by Gasteiger charge is 2.35. The number of carbonyl (C=O) groups excluding carboxylic acids is 1. The average molecular weight is 647 g/mol. The molecule has 2 aromatic heterocycles. The number of piperidine rings is 1. The van der Waals surface area contributed by atoms with E-state index in [1.54, 1.807) is 25.4 Å². The van der Waals surface area contributed by atoms with E-state index in [4.69, 9.17) is 9.72 Å². The van der Waals surface area contributed by atoms with Crippen molar-refractivity contribution in [1.29, 1.82) is 0 Å². The Balaban J connectivity index is 1.29. The summed E-state index contributed by atoms with van der Waals surface area (Å²) >= 11 is 3.60. The van der Waals surface area contributed by atoms with Gasteiger partial charge in [-0.15, -0.1) is 10.2 Å². The Labute approximate surface area is 259 Å². The molecule has 1 fully saturated rings. The number of hydrogen-bond donors (Lipinski definition) is 2. The minimum Gasteiger partial charge on any atom is -0.495 e. The first kappa shape index (κ1) is 29.1. The number of nitrogens with one attached hydrogen (secondary N) is 2. The molecular weight excluding hydrogens is 610 g/mol. The average Bonchev–Trinajstić information content (AvgIpc) is 3.39. The van der Waals surface area contributed by atoms with E-state index >= 15 is 0 Å². The van der Waals surface area contributed by atoms with Crippen LogP contribution in [0.25, 0.3) is 5.69 Å². The van der Waals surface area contributed by atoms with Crippen LogP contribution in [-0.4, -0.2) is 68.8 Å². The largest absolute Gasteiger partial charge is 0.495 e. The topological polar surface area (TPSA) is 113 Å². The lowest BCUT2D eigenvalue weighted by Crippen LogP contribution is -2.43. The van der Waals surface area contributed by atoms with Crippen LogP contribution in [0, 0.1) is 6.92 Å². The van der Waals surface area contributed by atoms with Gasteiger partial charge in [0.2, 0.25) is 5.95 Å². The van der Waals surface area contributed by atoms with Crippen LogP contribution in [0.15, 0.2) is 53.1 Å². The number of likely N-dealkylation sites (tertiary alicyclic amines) is 1. The molecule has 11 nitrogen and oxygen atoms in total. The molecule has 0 saturated carbocycles. The van der Waals surface area contributed by atoms with Gasteiger partial charge in [0, 0.05) is 22.6 Å². The van der Waals surface area contributed by atoms with E-state index in [0.717, 1.165) is 65.5 Å². The van der Waals surface area contributed by atoms with Gasteiger partial charge < -0.3 is 25.2 Å². The SMILES string of the molecule is CC[C@@H]1c2nnc(C)n2-c2cnc(Nc3ccc(C(=O)NC4CCN(C)CC4)cc3OC)nc2N1Cc1cccc(Br)c1. The van der Waals surface area contributed by atoms with Crippen LogP contribution in [0.4, 0.5) is 17.5 Å². The van der Waals surface area contributed by atoms with Crippen LogP contribution in [-0.2, 0) is 6.54 Å². The fourth-order valence-electron chi connectivity index (χ4n) is 5.87. The second-order valence-corrected chi connectivity index (χ2v) is 12.0. The van der Waals surface area contributed by atoms with E-state index in [1.807, 2.05) is 29.7 Å². The monoisotopic (exact) mass is 645 g/mol. The van der Waals surface area contributed by atoms with E-state index in [0.29, 0.717) is 29.5 Å². The van der Waals surface area contributed by atoms with Crippen LogP contribution in [0.5, 0.6) is 5.75 Å². The van der Waals surface area contributed by atoms with Gasteiger partial charge in [0.1, 0.15) is 17.3 Å². The lowest BCUT2D eigenvalue weighted by Gasteiger charge is -2.37. The molecule has 2 aromatic carbocycles. The molecule has 2 aliphatic rings. The summed E-state index contributed by atoms with van der Waals surface area (Å²) in [6.45, 7) is 6.69. The fraction of sp³-hybridized carbons (Fsp3) is 0.387. The Morgan fingerprint density at radius 2 is 1.95 bits per heavy atom. The summed E-state index contributed by atoms with van der Waals surface area (Å²) in [6, 6.07) is 13.8. The summed E-state index contributed by atoms with van der Waals surface area (Å²) in [5.74, 6) is 3.31. The van der Waals surface area contributed by atoms with Crippen LogP contribution in [0.1, 0.15) is 59.8 Å². The van der Waals surface area contributed by atoms with Crippen molar-refractivity contribution < 1.29 is 9.53 Å². The normalized spacial score (nSPS) is 16.9. The van der Waals surface area contributed by atoms with E-state index in [-0.39, 0.29) is 18.0 Å². The van der Waals surface area contributed by atoms with E-state index in [2.05, 4.69) is 77.6 Å². The van der Waals surface area contributed by atoms with Gasteiger partial charge in [-0.3, -0.25) is 9.36 Å². The highest BCUT2D eigenvalue weighted by Crippen LogP contribution is 2.40. The van der Waals surface area contributed by atoms with Gasteiger partial charge in [-0.05, 0) is 82.2 Å². The van der Waals surface area contributed by atoms with Gasteiger partial charge in [-0.2, -0.15) is 4.98 Å². The lowest BCUT2D eigenvalue weighted by molar-refractivity contribution is 0.0916. The Morgan fingerprint density at radius 3 is 2.70 bits per heavy atom. The van der Waals surface area contributed by atoms with Gasteiger partial charge in [-0.1, -0.05) is 35.0 Å². The van der Waals surface area contributed by atoms with Crippen molar-refractivity contribution in [3.05, 3.63) is 75.9 Å². The van der Waals surface area contributed by atoms with E-state index in [1.165, 1.54) is 0 Å². The molecule has 2 aliphatic heterocycles. The van der Waals surface area contributed by atoms with Crippen LogP contribution in [0.3, 0.4) is 0 Å². The minimum absolute atomic E-state index is 0.0210. The number of hydrogen-bond acceptors (Lipinski definition) is 9. The molecule has 1 saturated heterocycles. The summed E-state index contributed by atoms with van der Waals surface area (Å²) in [5.41, 5.74) is 3.19. The number of halogens is 1. The number of amides is 1. The number of carbonyl (C=O) groups is 1. The number of aryl methyl sites for hydroxylation is 1. The lowest BCUT2D eigenvalue weighted by atomic mass is 10.0. The number of fused-ring (bicyclic) bond motifs is 3. The van der Waals surface area contributed by atoms with Gasteiger partial charge in [0.05, 0.1) is 25.0 Å². The minimum atomic E-state index is -0.0988. The van der Waals surface area contributed by atoms with Crippen molar-refractivity contribution >= 4 is 39.3 Å². The number of ether oxygens (including phenoxy) is 1. The predicted octanol–water partition coefficient (Wildman–Crippen LogP) is 5.18. The standard InChI is InChI=1S/C31H36BrN9O2/c1-5-25-29-38-37-19(2)41(29)26-17-33-31(36-28(26)40(25)18-20-7-6-8-22(32)15-20)35-24-10-9-21(16-27(24)43-4)30(42)34-23-11-13-39(3)14-12-23/h6-10,15-17,23,25H,5,11-14,18H2,1-4H3,(H,34,42)(H,33,35,36)/t25-/m1/s1. The number of benzene rings is 2. The van der Waals surface area contributed by atoms with Gasteiger partial charge in [0.15, 0.2) is 11.6 Å². The number of nitrogens with zero attached hydrogens (tertiary/aromatic N) is 7. The third-order valence-electron chi connectivity index (χ3n) is 8.18. The summed E-state index contributed by atoms with van der Waals surface area (Å²) in [6.07, 6.45) is 4.53. The highest BCUT2D eigenvalue weighted by molar-refractivity contribution is 9.10. The first-order valence-corrected chi connectivity index (χ1v) is 15.4. The highest BCUT2D eigenvalue weighted by atomic mass is 79.9. The molecular formula is C31H36BrN9O2. The zero-order valence-electron chi connectivity index (χ0n) is 24.8. The predicted molar refractivity (Wildman–Crippen MR) is 169 cm³/mol. The Hall–Kier alpha value is -4.03. The number of methoxy groups -OCH3 is 1. The van der Waals surface area contributed by atoms with Crippen LogP contribution < -0.4 is 20.3 Å². The molecule has 0 spiro atoms. The molecule has 1 amide bonds. The second kappa shape index (κ2) is 12.3. The van der Waals surface area contributed by atoms with Gasteiger partial charge in [0.25, 0.3) is 5.91 Å². The zero-order chi connectivity index (χ0) is 30.1. The zero-order valence-corrected chi connectivity index (χ0v) is 26.4. The van der Waals surface area contributed by atoms with Gasteiger partial charge in [-0.25, -0.2) is 4.98 Å². The smallest absolute Gasteiger partial charge is 0.251 e. The molecule has 4 heterocycles. The molecule has 0 radical (unpaired) electrons. The number of rotatable bonds is 8. The quantitative estimate of drug-likeness (QED) is 0.268. The van der Waals surface area contributed by atoms with Crippen molar-refractivity contribution in [3.8, 4) is 11.4 Å².